The lowest BCUT2D eigenvalue weighted by Gasteiger charge is -2.04. The summed E-state index contributed by atoms with van der Waals surface area (Å²) in [5.41, 5.74) is 0.896. The number of methoxy groups -OCH3 is 1. The van der Waals surface area contributed by atoms with Gasteiger partial charge in [0, 0.05) is 5.57 Å². The third-order valence-electron chi connectivity index (χ3n) is 1.92. The lowest BCUT2D eigenvalue weighted by Crippen LogP contribution is -1.95. The maximum absolute atomic E-state index is 10.6. The molecule has 0 aliphatic heterocycles. The van der Waals surface area contributed by atoms with Crippen LogP contribution in [-0.4, -0.2) is 23.3 Å². The molecule has 0 fully saturated rings. The molecule has 80 valence electrons. The number of benzene rings is 1. The van der Waals surface area contributed by atoms with Crippen LogP contribution in [0.15, 0.2) is 23.8 Å². The largest absolute Gasteiger partial charge is 0.504 e. The van der Waals surface area contributed by atoms with E-state index >= 15 is 0 Å². The van der Waals surface area contributed by atoms with Gasteiger partial charge in [-0.2, -0.15) is 0 Å². The molecule has 0 aliphatic carbocycles. The number of aliphatic carboxylic acids is 1. The highest BCUT2D eigenvalue weighted by atomic mass is 16.5. The van der Waals surface area contributed by atoms with Crippen LogP contribution in [0.2, 0.25) is 0 Å². The van der Waals surface area contributed by atoms with Gasteiger partial charge in [0.1, 0.15) is 0 Å². The first-order valence-electron chi connectivity index (χ1n) is 4.33. The summed E-state index contributed by atoms with van der Waals surface area (Å²) in [5, 5.41) is 18.0. The van der Waals surface area contributed by atoms with E-state index in [9.17, 15) is 9.90 Å². The molecular weight excluding hydrogens is 196 g/mol. The number of phenols is 1. The fourth-order valence-electron chi connectivity index (χ4n) is 1.10. The van der Waals surface area contributed by atoms with Crippen molar-refractivity contribution in [2.45, 2.75) is 6.92 Å². The number of phenolic OH excluding ortho intramolecular Hbond substituents is 1. The summed E-state index contributed by atoms with van der Waals surface area (Å²) < 4.78 is 4.90. The number of hydrogen-bond donors (Lipinski definition) is 2. The molecule has 1 rings (SSSR count). The molecule has 0 unspecified atom stereocenters. The molecular formula is C11H12O4. The van der Waals surface area contributed by atoms with Crippen LogP contribution < -0.4 is 4.74 Å². The van der Waals surface area contributed by atoms with Gasteiger partial charge in [-0.15, -0.1) is 0 Å². The van der Waals surface area contributed by atoms with Gasteiger partial charge in [0.25, 0.3) is 0 Å². The van der Waals surface area contributed by atoms with Gasteiger partial charge in [-0.1, -0.05) is 6.07 Å². The first-order chi connectivity index (χ1) is 7.04. The summed E-state index contributed by atoms with van der Waals surface area (Å²) in [6, 6.07) is 4.64. The first kappa shape index (κ1) is 11.1. The average Bonchev–Trinajstić information content (AvgIpc) is 2.20. The molecule has 0 bridgehead atoms. The number of aromatic hydroxyl groups is 1. The van der Waals surface area contributed by atoms with Crippen LogP contribution in [0.3, 0.4) is 0 Å². The molecule has 0 amide bonds. The molecule has 15 heavy (non-hydrogen) atoms. The highest BCUT2D eigenvalue weighted by Crippen LogP contribution is 2.27. The fraction of sp³-hybridized carbons (Fsp3) is 0.182. The Kier molecular flexibility index (Phi) is 3.33. The highest BCUT2D eigenvalue weighted by molar-refractivity contribution is 5.91. The number of rotatable bonds is 3. The van der Waals surface area contributed by atoms with Crippen molar-refractivity contribution in [2.75, 3.05) is 7.11 Å². The van der Waals surface area contributed by atoms with Crippen LogP contribution in [-0.2, 0) is 4.79 Å². The van der Waals surface area contributed by atoms with Gasteiger partial charge < -0.3 is 14.9 Å². The second-order valence-electron chi connectivity index (χ2n) is 3.06. The minimum Gasteiger partial charge on any atom is -0.504 e. The highest BCUT2D eigenvalue weighted by Gasteiger charge is 2.03. The van der Waals surface area contributed by atoms with Crippen molar-refractivity contribution in [2.24, 2.45) is 0 Å². The maximum Gasteiger partial charge on any atom is 0.331 e. The van der Waals surface area contributed by atoms with Crippen molar-refractivity contribution in [3.05, 3.63) is 29.3 Å². The van der Waals surface area contributed by atoms with E-state index < -0.39 is 5.97 Å². The molecule has 0 saturated heterocycles. The van der Waals surface area contributed by atoms with Gasteiger partial charge in [-0.3, -0.25) is 0 Å². The lowest BCUT2D eigenvalue weighted by molar-refractivity contribution is -0.132. The summed E-state index contributed by atoms with van der Waals surface area (Å²) in [6.45, 7) is 1.50. The SMILES string of the molecule is COc1cc(/C=C(/C)C(=O)O)ccc1O. The molecule has 0 spiro atoms. The molecule has 2 N–H and O–H groups in total. The Balaban J connectivity index is 3.07. The van der Waals surface area contributed by atoms with E-state index in [1.54, 1.807) is 12.1 Å². The maximum atomic E-state index is 10.6. The quantitative estimate of drug-likeness (QED) is 0.744. The molecule has 0 saturated carbocycles. The molecule has 4 nitrogen and oxygen atoms in total. The minimum absolute atomic E-state index is 0.0302. The zero-order valence-electron chi connectivity index (χ0n) is 8.52. The predicted octanol–water partition coefficient (Wildman–Crippen LogP) is 1.89. The van der Waals surface area contributed by atoms with E-state index in [1.165, 1.54) is 26.2 Å². The minimum atomic E-state index is -0.970. The van der Waals surface area contributed by atoms with Crippen LogP contribution in [0.1, 0.15) is 12.5 Å². The topological polar surface area (TPSA) is 66.8 Å². The van der Waals surface area contributed by atoms with Gasteiger partial charge in [0.05, 0.1) is 7.11 Å². The van der Waals surface area contributed by atoms with Gasteiger partial charge in [0.15, 0.2) is 11.5 Å². The Morgan fingerprint density at radius 2 is 2.13 bits per heavy atom. The number of carbonyl (C=O) groups is 1. The molecule has 0 heterocycles. The van der Waals surface area contributed by atoms with Crippen LogP contribution in [0.25, 0.3) is 6.08 Å². The second-order valence-corrected chi connectivity index (χ2v) is 3.06. The molecule has 4 heteroatoms. The zero-order chi connectivity index (χ0) is 11.4. The van der Waals surface area contributed by atoms with E-state index in [4.69, 9.17) is 9.84 Å². The normalized spacial score (nSPS) is 11.2. The van der Waals surface area contributed by atoms with E-state index in [2.05, 4.69) is 0 Å². The molecule has 0 aliphatic rings. The van der Waals surface area contributed by atoms with Crippen LogP contribution in [0, 0.1) is 0 Å². The molecule has 0 atom stereocenters. The fourth-order valence-corrected chi connectivity index (χ4v) is 1.10. The van der Waals surface area contributed by atoms with E-state index in [0.717, 1.165) is 0 Å². The Morgan fingerprint density at radius 3 is 2.67 bits per heavy atom. The molecule has 0 aromatic heterocycles. The number of hydrogen-bond acceptors (Lipinski definition) is 3. The van der Waals surface area contributed by atoms with E-state index in [1.807, 2.05) is 0 Å². The molecule has 0 radical (unpaired) electrons. The number of carboxylic acid groups (broad SMARTS) is 1. The lowest BCUT2D eigenvalue weighted by atomic mass is 10.1. The van der Waals surface area contributed by atoms with Crippen LogP contribution in [0.4, 0.5) is 0 Å². The second kappa shape index (κ2) is 4.50. The Hall–Kier alpha value is -1.97. The van der Waals surface area contributed by atoms with Gasteiger partial charge in [-0.05, 0) is 30.7 Å². The molecule has 1 aromatic rings. The van der Waals surface area contributed by atoms with Crippen molar-refractivity contribution < 1.29 is 19.7 Å². The summed E-state index contributed by atoms with van der Waals surface area (Å²) in [6.07, 6.45) is 1.50. The predicted molar refractivity (Wildman–Crippen MR) is 55.9 cm³/mol. The van der Waals surface area contributed by atoms with Crippen LogP contribution >= 0.6 is 0 Å². The Morgan fingerprint density at radius 1 is 1.47 bits per heavy atom. The van der Waals surface area contributed by atoms with Crippen molar-refractivity contribution in [3.63, 3.8) is 0 Å². The molecule has 1 aromatic carbocycles. The summed E-state index contributed by atoms with van der Waals surface area (Å²) in [4.78, 5) is 10.6. The smallest absolute Gasteiger partial charge is 0.331 e. The third-order valence-corrected chi connectivity index (χ3v) is 1.92. The Labute approximate surface area is 87.4 Å². The first-order valence-corrected chi connectivity index (χ1v) is 4.33. The average molecular weight is 208 g/mol. The number of ether oxygens (including phenoxy) is 1. The van der Waals surface area contributed by atoms with Gasteiger partial charge in [0.2, 0.25) is 0 Å². The van der Waals surface area contributed by atoms with Crippen molar-refractivity contribution in [1.82, 2.24) is 0 Å². The van der Waals surface area contributed by atoms with Crippen molar-refractivity contribution >= 4 is 12.0 Å². The monoisotopic (exact) mass is 208 g/mol. The van der Waals surface area contributed by atoms with Crippen molar-refractivity contribution in [3.8, 4) is 11.5 Å². The Bertz CT molecular complexity index is 407. The summed E-state index contributed by atoms with van der Waals surface area (Å²) in [5.74, 6) is -0.619. The van der Waals surface area contributed by atoms with E-state index in [-0.39, 0.29) is 11.3 Å². The standard InChI is InChI=1S/C11H12O4/c1-7(11(13)14)5-8-3-4-9(12)10(6-8)15-2/h3-6,12H,1-2H3,(H,13,14)/b7-5-. The number of carboxylic acids is 1. The van der Waals surface area contributed by atoms with E-state index in [0.29, 0.717) is 11.3 Å². The van der Waals surface area contributed by atoms with Crippen LogP contribution in [0.5, 0.6) is 11.5 Å². The summed E-state index contributed by atoms with van der Waals surface area (Å²) in [7, 11) is 1.44. The van der Waals surface area contributed by atoms with Gasteiger partial charge >= 0.3 is 5.97 Å². The van der Waals surface area contributed by atoms with Crippen molar-refractivity contribution in [1.29, 1.82) is 0 Å². The third kappa shape index (κ3) is 2.74. The summed E-state index contributed by atoms with van der Waals surface area (Å²) >= 11 is 0. The zero-order valence-corrected chi connectivity index (χ0v) is 8.52. The van der Waals surface area contributed by atoms with Gasteiger partial charge in [-0.25, -0.2) is 4.79 Å².